The molecule has 1 amide bonds. The van der Waals surface area contributed by atoms with Crippen molar-refractivity contribution in [3.63, 3.8) is 0 Å². The molecule has 1 atom stereocenters. The van der Waals surface area contributed by atoms with Crippen molar-refractivity contribution in [3.8, 4) is 0 Å². The topological polar surface area (TPSA) is 55.1 Å². The smallest absolute Gasteiger partial charge is 0.232 e. The fourth-order valence-electron chi connectivity index (χ4n) is 2.35. The first-order chi connectivity index (χ1) is 9.15. The van der Waals surface area contributed by atoms with E-state index in [0.717, 1.165) is 12.0 Å². The Morgan fingerprint density at radius 1 is 1.26 bits per heavy atom. The molecule has 1 aliphatic rings. The van der Waals surface area contributed by atoms with Gasteiger partial charge >= 0.3 is 0 Å². The fraction of sp³-hybridized carbons (Fsp3) is 0.133. The van der Waals surface area contributed by atoms with Crippen LogP contribution in [0.2, 0.25) is 5.02 Å². The molecule has 3 nitrogen and oxygen atoms in total. The van der Waals surface area contributed by atoms with Crippen LogP contribution < -0.4 is 11.1 Å². The summed E-state index contributed by atoms with van der Waals surface area (Å²) in [7, 11) is 0. The molecule has 0 saturated carbocycles. The first kappa shape index (κ1) is 12.1. The number of carbonyl (C=O) groups is 1. The minimum atomic E-state index is -0.0789. The lowest BCUT2D eigenvalue weighted by Crippen LogP contribution is -2.30. The fourth-order valence-corrected chi connectivity index (χ4v) is 2.58. The van der Waals surface area contributed by atoms with Gasteiger partial charge in [-0.15, -0.1) is 0 Å². The second-order valence-electron chi connectivity index (χ2n) is 4.68. The van der Waals surface area contributed by atoms with Crippen LogP contribution in [0, 0.1) is 0 Å². The number of amides is 1. The molecule has 0 spiro atoms. The van der Waals surface area contributed by atoms with Gasteiger partial charge in [0.05, 0.1) is 16.6 Å². The Kier molecular flexibility index (Phi) is 2.91. The lowest BCUT2D eigenvalue weighted by atomic mass is 9.77. The summed E-state index contributed by atoms with van der Waals surface area (Å²) < 4.78 is 0. The molecule has 1 unspecified atom stereocenters. The van der Waals surface area contributed by atoms with E-state index in [0.29, 0.717) is 16.4 Å². The number of carbonyl (C=O) groups excluding carboxylic acids is 1. The second kappa shape index (κ2) is 4.59. The minimum absolute atomic E-state index is 0.0228. The van der Waals surface area contributed by atoms with E-state index in [2.05, 4.69) is 11.4 Å². The maximum absolute atomic E-state index is 12.2. The van der Waals surface area contributed by atoms with Crippen LogP contribution in [0.4, 0.5) is 11.4 Å². The molecule has 19 heavy (non-hydrogen) atoms. The maximum atomic E-state index is 12.2. The molecule has 0 fully saturated rings. The first-order valence-corrected chi connectivity index (χ1v) is 6.46. The van der Waals surface area contributed by atoms with Gasteiger partial charge in [-0.05, 0) is 35.7 Å². The van der Waals surface area contributed by atoms with E-state index >= 15 is 0 Å². The van der Waals surface area contributed by atoms with Crippen molar-refractivity contribution >= 4 is 28.9 Å². The molecule has 3 N–H and O–H groups in total. The Balaban J connectivity index is 1.77. The van der Waals surface area contributed by atoms with Gasteiger partial charge in [-0.1, -0.05) is 35.9 Å². The van der Waals surface area contributed by atoms with Gasteiger partial charge in [-0.25, -0.2) is 0 Å². The van der Waals surface area contributed by atoms with Gasteiger partial charge in [0.25, 0.3) is 0 Å². The number of nitrogens with one attached hydrogen (secondary N) is 1. The van der Waals surface area contributed by atoms with Gasteiger partial charge < -0.3 is 11.1 Å². The highest BCUT2D eigenvalue weighted by Gasteiger charge is 2.31. The van der Waals surface area contributed by atoms with Crippen molar-refractivity contribution < 1.29 is 4.79 Å². The van der Waals surface area contributed by atoms with Gasteiger partial charge in [0.2, 0.25) is 5.91 Å². The first-order valence-electron chi connectivity index (χ1n) is 6.09. The number of hydrogen-bond acceptors (Lipinski definition) is 2. The van der Waals surface area contributed by atoms with Gasteiger partial charge in [0.15, 0.2) is 0 Å². The summed E-state index contributed by atoms with van der Waals surface area (Å²) in [6.45, 7) is 0. The molecule has 0 aliphatic heterocycles. The van der Waals surface area contributed by atoms with E-state index in [-0.39, 0.29) is 11.8 Å². The van der Waals surface area contributed by atoms with E-state index in [1.165, 1.54) is 5.56 Å². The van der Waals surface area contributed by atoms with Crippen LogP contribution in [0.25, 0.3) is 0 Å². The summed E-state index contributed by atoms with van der Waals surface area (Å²) >= 11 is 6.04. The number of rotatable bonds is 2. The second-order valence-corrected chi connectivity index (χ2v) is 5.09. The van der Waals surface area contributed by atoms with E-state index in [4.69, 9.17) is 17.3 Å². The third-order valence-corrected chi connectivity index (χ3v) is 3.73. The normalized spacial score (nSPS) is 16.4. The van der Waals surface area contributed by atoms with E-state index in [1.54, 1.807) is 18.2 Å². The zero-order chi connectivity index (χ0) is 13.4. The van der Waals surface area contributed by atoms with Crippen LogP contribution in [0.15, 0.2) is 42.5 Å². The number of benzene rings is 2. The highest BCUT2D eigenvalue weighted by atomic mass is 35.5. The molecular formula is C15H13ClN2O. The Labute approximate surface area is 116 Å². The quantitative estimate of drug-likeness (QED) is 0.825. The predicted molar refractivity (Wildman–Crippen MR) is 77.4 cm³/mol. The lowest BCUT2D eigenvalue weighted by molar-refractivity contribution is -0.118. The summed E-state index contributed by atoms with van der Waals surface area (Å²) in [6.07, 6.45) is 0.786. The predicted octanol–water partition coefficient (Wildman–Crippen LogP) is 3.20. The Bertz CT molecular complexity index is 654. The third-order valence-electron chi connectivity index (χ3n) is 3.42. The van der Waals surface area contributed by atoms with E-state index in [9.17, 15) is 4.79 Å². The van der Waals surface area contributed by atoms with Crippen LogP contribution in [0.3, 0.4) is 0 Å². The highest BCUT2D eigenvalue weighted by Crippen LogP contribution is 2.36. The summed E-state index contributed by atoms with van der Waals surface area (Å²) in [6, 6.07) is 13.1. The zero-order valence-electron chi connectivity index (χ0n) is 10.2. The van der Waals surface area contributed by atoms with Crippen molar-refractivity contribution in [3.05, 3.63) is 58.6 Å². The lowest BCUT2D eigenvalue weighted by Gasteiger charge is -2.29. The van der Waals surface area contributed by atoms with Gasteiger partial charge in [-0.3, -0.25) is 4.79 Å². The molecule has 2 aromatic rings. The van der Waals surface area contributed by atoms with Crippen LogP contribution in [0.5, 0.6) is 0 Å². The Hall–Kier alpha value is -2.00. The number of nitrogens with two attached hydrogens (primary N) is 1. The van der Waals surface area contributed by atoms with E-state index < -0.39 is 0 Å². The average molecular weight is 273 g/mol. The van der Waals surface area contributed by atoms with Gasteiger partial charge in [0, 0.05) is 5.69 Å². The summed E-state index contributed by atoms with van der Waals surface area (Å²) in [5.41, 5.74) is 9.15. The molecule has 0 heterocycles. The Morgan fingerprint density at radius 3 is 2.79 bits per heavy atom. The molecule has 0 bridgehead atoms. The van der Waals surface area contributed by atoms with Crippen molar-refractivity contribution in [1.82, 2.24) is 0 Å². The number of hydrogen-bond donors (Lipinski definition) is 2. The van der Waals surface area contributed by atoms with Crippen LogP contribution in [0.1, 0.15) is 17.0 Å². The van der Waals surface area contributed by atoms with Gasteiger partial charge in [0.1, 0.15) is 0 Å². The summed E-state index contributed by atoms with van der Waals surface area (Å²) in [5, 5.41) is 3.31. The number of halogens is 1. The largest absolute Gasteiger partial charge is 0.399 e. The van der Waals surface area contributed by atoms with Crippen LogP contribution >= 0.6 is 11.6 Å². The molecule has 0 radical (unpaired) electrons. The van der Waals surface area contributed by atoms with Gasteiger partial charge in [-0.2, -0.15) is 0 Å². The van der Waals surface area contributed by atoms with Crippen molar-refractivity contribution in [2.24, 2.45) is 0 Å². The zero-order valence-corrected chi connectivity index (χ0v) is 10.9. The van der Waals surface area contributed by atoms with Crippen molar-refractivity contribution in [2.45, 2.75) is 12.3 Å². The molecule has 2 aromatic carbocycles. The maximum Gasteiger partial charge on any atom is 0.232 e. The standard InChI is InChI=1S/C15H13ClN2O/c16-13-8-10(17)5-6-14(13)18-15(19)12-7-9-3-1-2-4-11(9)12/h1-6,8,12H,7,17H2,(H,18,19). The molecule has 96 valence electrons. The SMILES string of the molecule is Nc1ccc(NC(=O)C2Cc3ccccc32)c(Cl)c1. The van der Waals surface area contributed by atoms with Crippen molar-refractivity contribution in [2.75, 3.05) is 11.1 Å². The molecule has 0 aromatic heterocycles. The monoisotopic (exact) mass is 272 g/mol. The van der Waals surface area contributed by atoms with E-state index in [1.807, 2.05) is 18.2 Å². The summed E-state index contributed by atoms with van der Waals surface area (Å²) in [5.74, 6) is -0.102. The summed E-state index contributed by atoms with van der Waals surface area (Å²) in [4.78, 5) is 12.2. The third kappa shape index (κ3) is 2.17. The Morgan fingerprint density at radius 2 is 2.05 bits per heavy atom. The highest BCUT2D eigenvalue weighted by molar-refractivity contribution is 6.34. The molecule has 1 aliphatic carbocycles. The minimum Gasteiger partial charge on any atom is -0.399 e. The van der Waals surface area contributed by atoms with Crippen LogP contribution in [-0.2, 0) is 11.2 Å². The molecule has 0 saturated heterocycles. The average Bonchev–Trinajstić information content (AvgIpc) is 2.34. The number of fused-ring (bicyclic) bond motifs is 1. The number of nitrogen functional groups attached to an aromatic ring is 1. The molecule has 4 heteroatoms. The van der Waals surface area contributed by atoms with Crippen molar-refractivity contribution in [1.29, 1.82) is 0 Å². The van der Waals surface area contributed by atoms with Crippen LogP contribution in [-0.4, -0.2) is 5.91 Å². The number of anilines is 2. The molecular weight excluding hydrogens is 260 g/mol. The molecule has 3 rings (SSSR count).